The van der Waals surface area contributed by atoms with E-state index < -0.39 is 68.4 Å². The lowest BCUT2D eigenvalue weighted by Crippen LogP contribution is -2.49. The van der Waals surface area contributed by atoms with Crippen molar-refractivity contribution in [2.45, 2.75) is 111 Å². The van der Waals surface area contributed by atoms with Crippen molar-refractivity contribution in [1.82, 2.24) is 0 Å². The van der Waals surface area contributed by atoms with Gasteiger partial charge < -0.3 is 0 Å². The second kappa shape index (κ2) is 18.9. The van der Waals surface area contributed by atoms with Crippen molar-refractivity contribution < 1.29 is 88.5 Å². The number of halogens is 18. The fourth-order valence-corrected chi connectivity index (χ4v) is 1.29. The molecule has 20 heteroatoms. The minimum absolute atomic E-state index is 0. The van der Waals surface area contributed by atoms with Crippen LogP contribution in [0, 0.1) is 5.92 Å². The molecule has 0 radical (unpaired) electrons. The van der Waals surface area contributed by atoms with Crippen LogP contribution in [-0.4, -0.2) is 56.1 Å². The second-order valence-corrected chi connectivity index (χ2v) is 6.94. The minimum Gasteiger partial charge on any atom is -0.284 e. The molecule has 244 valence electrons. The molecule has 2 unspecified atom stereocenters. The summed E-state index contributed by atoms with van der Waals surface area (Å²) in [6, 6.07) is 0. The first kappa shape index (κ1) is 47.4. The Kier molecular flexibility index (Phi) is 23.0. The van der Waals surface area contributed by atoms with Crippen molar-refractivity contribution in [3.8, 4) is 0 Å². The fraction of sp³-hybridized carbons (Fsp3) is 1.00. The Morgan fingerprint density at radius 3 is 1.13 bits per heavy atom. The molecule has 0 aromatic heterocycles. The standard InChI is InChI=1S/C8H5F13O.C4H5F5O.2C3H8.CH4/c9-3(6(15,16)17)1-2(5(12,13)14)7(18,19)22-8(20,21)4(10)11;1-3(6,7)4(8,9)10-2-5;2*1-3-2;/h2-4H,1H2;2H2,1H3;2*3H2,1-2H3;1H4. The van der Waals surface area contributed by atoms with Crippen LogP contribution in [0.2, 0.25) is 0 Å². The van der Waals surface area contributed by atoms with E-state index in [2.05, 4.69) is 32.4 Å². The lowest BCUT2D eigenvalue weighted by atomic mass is 10.00. The van der Waals surface area contributed by atoms with E-state index in [4.69, 9.17) is 0 Å². The topological polar surface area (TPSA) is 18.5 Å². The summed E-state index contributed by atoms with van der Waals surface area (Å²) >= 11 is 0. The number of alkyl halides is 18. The van der Waals surface area contributed by atoms with Crippen LogP contribution in [0.3, 0.4) is 0 Å². The van der Waals surface area contributed by atoms with Gasteiger partial charge in [0.05, 0.1) is 0 Å². The minimum atomic E-state index is -6.34. The summed E-state index contributed by atoms with van der Waals surface area (Å²) in [5.41, 5.74) is 0. The molecule has 39 heavy (non-hydrogen) atoms. The van der Waals surface area contributed by atoms with E-state index >= 15 is 0 Å². The highest BCUT2D eigenvalue weighted by Gasteiger charge is 2.64. The summed E-state index contributed by atoms with van der Waals surface area (Å²) in [6.07, 6.45) is -39.4. The zero-order valence-corrected chi connectivity index (χ0v) is 20.2. The summed E-state index contributed by atoms with van der Waals surface area (Å²) in [6.45, 7) is 6.51. The molecule has 0 saturated carbocycles. The number of hydrogen-bond acceptors (Lipinski definition) is 2. The maximum absolute atomic E-state index is 12.9. The third-order valence-corrected chi connectivity index (χ3v) is 2.87. The van der Waals surface area contributed by atoms with Crippen LogP contribution in [-0.2, 0) is 9.47 Å². The van der Waals surface area contributed by atoms with Crippen LogP contribution in [0.4, 0.5) is 79.0 Å². The van der Waals surface area contributed by atoms with Crippen LogP contribution in [0.1, 0.15) is 61.3 Å². The average Bonchev–Trinajstić information content (AvgIpc) is 2.64. The molecule has 0 spiro atoms. The molecule has 2 nitrogen and oxygen atoms in total. The van der Waals surface area contributed by atoms with E-state index in [1.54, 1.807) is 0 Å². The summed E-state index contributed by atoms with van der Waals surface area (Å²) in [5, 5.41) is 0. The molecule has 0 aliphatic rings. The van der Waals surface area contributed by atoms with Crippen molar-refractivity contribution in [1.29, 1.82) is 0 Å². The molecule has 0 amide bonds. The van der Waals surface area contributed by atoms with Crippen LogP contribution in [0.15, 0.2) is 0 Å². The van der Waals surface area contributed by atoms with Gasteiger partial charge in [-0.05, 0) is 0 Å². The SMILES string of the molecule is C.CC(F)(F)C(F)(F)OCF.CCC.CCC.FC(CC(C(F)(F)F)C(F)(F)OC(F)(F)C(F)F)C(F)(F)F. The van der Waals surface area contributed by atoms with E-state index in [1.807, 2.05) is 4.74 Å². The van der Waals surface area contributed by atoms with Gasteiger partial charge in [0.2, 0.25) is 0 Å². The number of ether oxygens (including phenoxy) is 2. The van der Waals surface area contributed by atoms with Crippen LogP contribution < -0.4 is 0 Å². The van der Waals surface area contributed by atoms with Crippen molar-refractivity contribution >= 4 is 0 Å². The largest absolute Gasteiger partial charge is 0.421 e. The number of hydrogen-bond donors (Lipinski definition) is 0. The van der Waals surface area contributed by atoms with Crippen LogP contribution >= 0.6 is 0 Å². The normalized spacial score (nSPS) is 14.5. The van der Waals surface area contributed by atoms with Crippen LogP contribution in [0.5, 0.6) is 0 Å². The molecule has 0 aliphatic carbocycles. The molecular formula is C19H30F18O2. The van der Waals surface area contributed by atoms with Crippen molar-refractivity contribution in [2.75, 3.05) is 6.86 Å². The van der Waals surface area contributed by atoms with Crippen molar-refractivity contribution in [3.63, 3.8) is 0 Å². The van der Waals surface area contributed by atoms with E-state index in [0.717, 1.165) is 0 Å². The Bertz CT molecular complexity index is 582. The first-order valence-electron chi connectivity index (χ1n) is 10.0. The van der Waals surface area contributed by atoms with E-state index in [9.17, 15) is 79.0 Å². The van der Waals surface area contributed by atoms with Gasteiger partial charge in [-0.2, -0.15) is 61.5 Å². The van der Waals surface area contributed by atoms with E-state index in [-0.39, 0.29) is 14.4 Å². The summed E-state index contributed by atoms with van der Waals surface area (Å²) in [7, 11) is 0. The predicted octanol–water partition coefficient (Wildman–Crippen LogP) is 10.6. The molecule has 0 aromatic carbocycles. The average molecular weight is 632 g/mol. The molecule has 2 atom stereocenters. The molecule has 0 aliphatic heterocycles. The first-order chi connectivity index (χ1) is 16.5. The Morgan fingerprint density at radius 1 is 0.615 bits per heavy atom. The molecule has 0 aromatic rings. The molecular weight excluding hydrogens is 602 g/mol. The van der Waals surface area contributed by atoms with Gasteiger partial charge in [-0.25, -0.2) is 17.6 Å². The molecule has 0 heterocycles. The lowest BCUT2D eigenvalue weighted by Gasteiger charge is -2.31. The summed E-state index contributed by atoms with van der Waals surface area (Å²) in [4.78, 5) is 0. The quantitative estimate of drug-likeness (QED) is 0.236. The summed E-state index contributed by atoms with van der Waals surface area (Å²) in [5.74, 6) is -9.07. The Labute approximate surface area is 213 Å². The fourth-order valence-electron chi connectivity index (χ4n) is 1.29. The summed E-state index contributed by atoms with van der Waals surface area (Å²) < 4.78 is 220. The molecule has 0 fully saturated rings. The third-order valence-electron chi connectivity index (χ3n) is 2.87. The zero-order chi connectivity index (χ0) is 32.0. The monoisotopic (exact) mass is 632 g/mol. The van der Waals surface area contributed by atoms with Gasteiger partial charge in [0, 0.05) is 13.3 Å². The smallest absolute Gasteiger partial charge is 0.284 e. The highest BCUT2D eigenvalue weighted by atomic mass is 19.4. The highest BCUT2D eigenvalue weighted by molar-refractivity contribution is 4.83. The number of rotatable bonds is 9. The van der Waals surface area contributed by atoms with Gasteiger partial charge in [0.15, 0.2) is 13.0 Å². The Balaban J connectivity index is -0.000000188. The Hall–Kier alpha value is -1.34. The van der Waals surface area contributed by atoms with Crippen molar-refractivity contribution in [3.05, 3.63) is 0 Å². The zero-order valence-electron chi connectivity index (χ0n) is 20.2. The maximum Gasteiger partial charge on any atom is 0.421 e. The van der Waals surface area contributed by atoms with Gasteiger partial charge >= 0.3 is 43.0 Å². The van der Waals surface area contributed by atoms with E-state index in [1.165, 1.54) is 12.8 Å². The predicted molar refractivity (Wildman–Crippen MR) is 103 cm³/mol. The van der Waals surface area contributed by atoms with Crippen molar-refractivity contribution in [2.24, 2.45) is 5.92 Å². The van der Waals surface area contributed by atoms with Gasteiger partial charge in [0.1, 0.15) is 5.92 Å². The van der Waals surface area contributed by atoms with Crippen LogP contribution in [0.25, 0.3) is 0 Å². The molecule has 0 rings (SSSR count). The van der Waals surface area contributed by atoms with Gasteiger partial charge in [-0.15, -0.1) is 0 Å². The van der Waals surface area contributed by atoms with E-state index in [0.29, 0.717) is 0 Å². The highest BCUT2D eigenvalue weighted by Crippen LogP contribution is 2.47. The molecule has 0 saturated heterocycles. The second-order valence-electron chi connectivity index (χ2n) is 6.94. The molecule has 0 N–H and O–H groups in total. The maximum atomic E-state index is 12.9. The van der Waals surface area contributed by atoms with Gasteiger partial charge in [-0.1, -0.05) is 48.0 Å². The van der Waals surface area contributed by atoms with Gasteiger partial charge in [0.25, 0.3) is 0 Å². The third kappa shape index (κ3) is 21.1. The molecule has 0 bridgehead atoms. The Morgan fingerprint density at radius 2 is 0.949 bits per heavy atom. The first-order valence-corrected chi connectivity index (χ1v) is 10.0. The van der Waals surface area contributed by atoms with Gasteiger partial charge in [-0.3, -0.25) is 9.47 Å². The lowest BCUT2D eigenvalue weighted by molar-refractivity contribution is -0.439.